The molecule has 0 fully saturated rings. The summed E-state index contributed by atoms with van der Waals surface area (Å²) in [5, 5.41) is 12.6. The molecule has 0 saturated carbocycles. The van der Waals surface area contributed by atoms with Gasteiger partial charge in [0.1, 0.15) is 12.4 Å². The lowest BCUT2D eigenvalue weighted by molar-refractivity contribution is 0.867. The van der Waals surface area contributed by atoms with E-state index < -0.39 is 0 Å². The molecule has 0 spiro atoms. The Kier molecular flexibility index (Phi) is 2.10. The molecule has 15 heavy (non-hydrogen) atoms. The molecule has 2 rings (SSSR count). The molecule has 5 nitrogen and oxygen atoms in total. The van der Waals surface area contributed by atoms with Crippen molar-refractivity contribution in [2.24, 2.45) is 0 Å². The van der Waals surface area contributed by atoms with Crippen molar-refractivity contribution in [3.8, 4) is 11.8 Å². The molecule has 0 aliphatic carbocycles. The van der Waals surface area contributed by atoms with Crippen LogP contribution in [-0.2, 0) is 0 Å². The number of para-hydroxylation sites is 1. The van der Waals surface area contributed by atoms with Crippen molar-refractivity contribution in [2.45, 2.75) is 6.92 Å². The van der Waals surface area contributed by atoms with Crippen molar-refractivity contribution >= 4 is 5.69 Å². The number of anilines is 1. The van der Waals surface area contributed by atoms with Gasteiger partial charge >= 0.3 is 0 Å². The molecule has 2 N–H and O–H groups in total. The second-order valence-corrected chi connectivity index (χ2v) is 3.14. The number of aryl methyl sites for hydroxylation is 1. The Morgan fingerprint density at radius 3 is 2.87 bits per heavy atom. The summed E-state index contributed by atoms with van der Waals surface area (Å²) in [7, 11) is 0. The van der Waals surface area contributed by atoms with E-state index in [4.69, 9.17) is 11.0 Å². The van der Waals surface area contributed by atoms with Crippen LogP contribution >= 0.6 is 0 Å². The number of nitriles is 1. The fraction of sp³-hybridized carbons (Fsp3) is 0.100. The number of nitrogens with two attached hydrogens (primary N) is 1. The van der Waals surface area contributed by atoms with Gasteiger partial charge in [0.2, 0.25) is 0 Å². The summed E-state index contributed by atoms with van der Waals surface area (Å²) in [6, 6.07) is 7.46. The zero-order chi connectivity index (χ0) is 10.8. The normalized spacial score (nSPS) is 9.87. The van der Waals surface area contributed by atoms with Gasteiger partial charge in [-0.1, -0.05) is 12.1 Å². The van der Waals surface area contributed by atoms with Crippen LogP contribution in [0.25, 0.3) is 5.69 Å². The van der Waals surface area contributed by atoms with Crippen LogP contribution in [0.2, 0.25) is 0 Å². The van der Waals surface area contributed by atoms with Crippen molar-refractivity contribution in [1.29, 1.82) is 5.26 Å². The summed E-state index contributed by atoms with van der Waals surface area (Å²) in [6.45, 7) is 1.93. The summed E-state index contributed by atoms with van der Waals surface area (Å²) in [5.74, 6) is 0.137. The molecule has 1 aromatic carbocycles. The van der Waals surface area contributed by atoms with Gasteiger partial charge in [0.25, 0.3) is 5.82 Å². The highest BCUT2D eigenvalue weighted by Gasteiger charge is 2.07. The molecule has 0 atom stereocenters. The van der Waals surface area contributed by atoms with Crippen LogP contribution in [0.1, 0.15) is 11.4 Å². The maximum atomic E-state index is 8.62. The van der Waals surface area contributed by atoms with E-state index >= 15 is 0 Å². The molecule has 74 valence electrons. The van der Waals surface area contributed by atoms with Crippen molar-refractivity contribution in [2.75, 3.05) is 5.73 Å². The van der Waals surface area contributed by atoms with Gasteiger partial charge in [-0.25, -0.2) is 9.67 Å². The molecule has 1 aromatic heterocycles. The van der Waals surface area contributed by atoms with Crippen LogP contribution in [0.5, 0.6) is 0 Å². The first-order valence-electron chi connectivity index (χ1n) is 4.39. The van der Waals surface area contributed by atoms with Gasteiger partial charge in [-0.05, 0) is 18.6 Å². The van der Waals surface area contributed by atoms with Crippen molar-refractivity contribution < 1.29 is 0 Å². The minimum Gasteiger partial charge on any atom is -0.397 e. The highest BCUT2D eigenvalue weighted by molar-refractivity contribution is 5.61. The van der Waals surface area contributed by atoms with Gasteiger partial charge in [0.15, 0.2) is 0 Å². The van der Waals surface area contributed by atoms with Crippen molar-refractivity contribution in [1.82, 2.24) is 14.8 Å². The van der Waals surface area contributed by atoms with Gasteiger partial charge in [0.05, 0.1) is 11.4 Å². The third-order valence-electron chi connectivity index (χ3n) is 2.09. The highest BCUT2D eigenvalue weighted by Crippen LogP contribution is 2.19. The second kappa shape index (κ2) is 3.42. The summed E-state index contributed by atoms with van der Waals surface area (Å²) < 4.78 is 1.52. The standard InChI is InChI=1S/C10H9N5/c1-7-3-2-4-8(12)10(7)15-6-13-9(5-11)14-15/h2-4,6H,12H2,1H3. The summed E-state index contributed by atoms with van der Waals surface area (Å²) >= 11 is 0. The second-order valence-electron chi connectivity index (χ2n) is 3.14. The summed E-state index contributed by atoms with van der Waals surface area (Å²) in [4.78, 5) is 3.83. The maximum Gasteiger partial charge on any atom is 0.252 e. The molecule has 1 heterocycles. The van der Waals surface area contributed by atoms with Gasteiger partial charge in [-0.2, -0.15) is 5.26 Å². The lowest BCUT2D eigenvalue weighted by atomic mass is 10.2. The van der Waals surface area contributed by atoms with Crippen LogP contribution in [0.15, 0.2) is 24.5 Å². The van der Waals surface area contributed by atoms with Crippen molar-refractivity contribution in [3.05, 3.63) is 35.9 Å². The third-order valence-corrected chi connectivity index (χ3v) is 2.09. The molecule has 0 aliphatic rings. The fourth-order valence-electron chi connectivity index (χ4n) is 1.42. The smallest absolute Gasteiger partial charge is 0.252 e. The molecule has 0 radical (unpaired) electrons. The van der Waals surface area contributed by atoms with E-state index in [0.29, 0.717) is 5.69 Å². The average molecular weight is 199 g/mol. The monoisotopic (exact) mass is 199 g/mol. The SMILES string of the molecule is Cc1cccc(N)c1-n1cnc(C#N)n1. The third kappa shape index (κ3) is 1.53. The maximum absolute atomic E-state index is 8.62. The quantitative estimate of drug-likeness (QED) is 0.695. The molecule has 0 unspecified atom stereocenters. The molecule has 5 heteroatoms. The predicted molar refractivity (Wildman–Crippen MR) is 55.2 cm³/mol. The van der Waals surface area contributed by atoms with E-state index in [9.17, 15) is 0 Å². The van der Waals surface area contributed by atoms with Gasteiger partial charge in [-0.15, -0.1) is 5.10 Å². The largest absolute Gasteiger partial charge is 0.397 e. The molecule has 0 amide bonds. The molecular formula is C10H9N5. The predicted octanol–water partition coefficient (Wildman–Crippen LogP) is 1.03. The van der Waals surface area contributed by atoms with Crippen LogP contribution in [-0.4, -0.2) is 14.8 Å². The number of nitrogen functional groups attached to an aromatic ring is 1. The highest BCUT2D eigenvalue weighted by atomic mass is 15.3. The molecule has 0 saturated heterocycles. The zero-order valence-corrected chi connectivity index (χ0v) is 8.18. The Bertz CT molecular complexity index is 515. The lowest BCUT2D eigenvalue weighted by Gasteiger charge is -2.07. The van der Waals surface area contributed by atoms with Gasteiger partial charge in [0, 0.05) is 0 Å². The van der Waals surface area contributed by atoms with E-state index in [-0.39, 0.29) is 5.82 Å². The van der Waals surface area contributed by atoms with E-state index in [0.717, 1.165) is 11.3 Å². The number of aromatic nitrogens is 3. The van der Waals surface area contributed by atoms with Crippen LogP contribution < -0.4 is 5.73 Å². The first-order chi connectivity index (χ1) is 7.22. The number of nitrogens with zero attached hydrogens (tertiary/aromatic N) is 4. The number of benzene rings is 1. The Hall–Kier alpha value is -2.35. The van der Waals surface area contributed by atoms with E-state index in [2.05, 4.69) is 10.1 Å². The first-order valence-corrected chi connectivity index (χ1v) is 4.39. The number of hydrogen-bond acceptors (Lipinski definition) is 4. The van der Waals surface area contributed by atoms with E-state index in [1.54, 1.807) is 6.07 Å². The fourth-order valence-corrected chi connectivity index (χ4v) is 1.42. The zero-order valence-electron chi connectivity index (χ0n) is 8.18. The van der Waals surface area contributed by atoms with Crippen molar-refractivity contribution in [3.63, 3.8) is 0 Å². The Morgan fingerprint density at radius 2 is 2.27 bits per heavy atom. The van der Waals surface area contributed by atoms with Crippen LogP contribution in [0, 0.1) is 18.3 Å². The van der Waals surface area contributed by atoms with Crippen LogP contribution in [0.4, 0.5) is 5.69 Å². The average Bonchev–Trinajstić information content (AvgIpc) is 2.66. The Labute approximate surface area is 86.8 Å². The van der Waals surface area contributed by atoms with Gasteiger partial charge < -0.3 is 5.73 Å². The van der Waals surface area contributed by atoms with Gasteiger partial charge in [-0.3, -0.25) is 0 Å². The van der Waals surface area contributed by atoms with Crippen LogP contribution in [0.3, 0.4) is 0 Å². The number of hydrogen-bond donors (Lipinski definition) is 1. The summed E-state index contributed by atoms with van der Waals surface area (Å²) in [6.07, 6.45) is 1.48. The molecule has 0 bridgehead atoms. The minimum atomic E-state index is 0.137. The minimum absolute atomic E-state index is 0.137. The Morgan fingerprint density at radius 1 is 1.47 bits per heavy atom. The van der Waals surface area contributed by atoms with E-state index in [1.807, 2.05) is 25.1 Å². The number of rotatable bonds is 1. The first kappa shape index (κ1) is 9.21. The molecule has 2 aromatic rings. The summed E-state index contributed by atoms with van der Waals surface area (Å²) in [5.41, 5.74) is 8.21. The lowest BCUT2D eigenvalue weighted by Crippen LogP contribution is -2.02. The Balaban J connectivity index is 2.59. The molecule has 0 aliphatic heterocycles. The molecular weight excluding hydrogens is 190 g/mol. The van der Waals surface area contributed by atoms with E-state index in [1.165, 1.54) is 11.0 Å². The topological polar surface area (TPSA) is 80.5 Å².